The molecule has 0 radical (unpaired) electrons. The zero-order valence-corrected chi connectivity index (χ0v) is 34.6. The summed E-state index contributed by atoms with van der Waals surface area (Å²) in [7, 11) is 0. The molecule has 4 heterocycles. The molecular weight excluding hydrogens is 828 g/mol. The Bertz CT molecular complexity index is 2530. The summed E-state index contributed by atoms with van der Waals surface area (Å²) in [6.07, 6.45) is 4.96. The van der Waals surface area contributed by atoms with E-state index < -0.39 is 53.5 Å². The van der Waals surface area contributed by atoms with Crippen LogP contribution in [0.4, 0.5) is 21.6 Å². The second-order valence-electron chi connectivity index (χ2n) is 15.4. The molecule has 7 rings (SSSR count). The van der Waals surface area contributed by atoms with E-state index in [0.717, 1.165) is 10.5 Å². The molecule has 6 N–H and O–H groups in total. The second kappa shape index (κ2) is 20.0. The van der Waals surface area contributed by atoms with Gasteiger partial charge in [-0.15, -0.1) is 0 Å². The van der Waals surface area contributed by atoms with E-state index in [4.69, 9.17) is 10.5 Å². The van der Waals surface area contributed by atoms with Crippen LogP contribution in [0.15, 0.2) is 91.1 Å². The number of amides is 7. The molecule has 17 nitrogen and oxygen atoms in total. The van der Waals surface area contributed by atoms with E-state index in [1.807, 2.05) is 6.08 Å². The number of carbonyl (C=O) groups excluding carboxylic acids is 8. The Morgan fingerprint density at radius 1 is 0.891 bits per heavy atom. The minimum absolute atomic E-state index is 0.0103. The van der Waals surface area contributed by atoms with E-state index in [1.54, 1.807) is 53.6 Å². The van der Waals surface area contributed by atoms with E-state index in [-0.39, 0.29) is 53.7 Å². The Labute approximate surface area is 366 Å². The molecule has 1 aromatic heterocycles. The highest BCUT2D eigenvalue weighted by atomic mass is 19.1. The number of piperidine rings is 1. The van der Waals surface area contributed by atoms with Gasteiger partial charge in [-0.25, -0.2) is 14.2 Å². The number of hydrogen-bond acceptors (Lipinski definition) is 12. The number of nitrogens with one attached hydrogen (secondary N) is 4. The average molecular weight is 873 g/mol. The Hall–Kier alpha value is -7.76. The van der Waals surface area contributed by atoms with Crippen LogP contribution in [0, 0.1) is 5.82 Å². The van der Waals surface area contributed by atoms with Crippen molar-refractivity contribution in [2.45, 2.75) is 57.1 Å². The summed E-state index contributed by atoms with van der Waals surface area (Å²) < 4.78 is 19.2. The maximum Gasteiger partial charge on any atom is 0.343 e. The first-order valence-corrected chi connectivity index (χ1v) is 20.8. The van der Waals surface area contributed by atoms with Gasteiger partial charge in [0.2, 0.25) is 29.7 Å². The molecule has 1 fully saturated rings. The first-order valence-electron chi connectivity index (χ1n) is 20.8. The molecule has 330 valence electrons. The highest BCUT2D eigenvalue weighted by molar-refractivity contribution is 6.23. The third-order valence-electron chi connectivity index (χ3n) is 11.0. The summed E-state index contributed by atoms with van der Waals surface area (Å²) in [6.45, 7) is 1.11. The minimum Gasteiger partial charge on any atom is -0.444 e. The molecule has 3 aromatic carbocycles. The van der Waals surface area contributed by atoms with Crippen molar-refractivity contribution in [1.29, 1.82) is 0 Å². The molecule has 4 aromatic rings. The highest BCUT2D eigenvalue weighted by Gasteiger charge is 2.44. The molecule has 7 amide bonds. The zero-order chi connectivity index (χ0) is 45.3. The maximum atomic E-state index is 13.5. The van der Waals surface area contributed by atoms with E-state index in [1.165, 1.54) is 36.4 Å². The number of nitrogens with two attached hydrogens (primary N) is 1. The van der Waals surface area contributed by atoms with E-state index in [0.29, 0.717) is 74.2 Å². The maximum absolute atomic E-state index is 13.5. The summed E-state index contributed by atoms with van der Waals surface area (Å²) in [5.41, 5.74) is 8.97. The zero-order valence-electron chi connectivity index (χ0n) is 34.6. The molecule has 0 saturated carbocycles. The largest absolute Gasteiger partial charge is 0.444 e. The number of rotatable bonds is 16. The van der Waals surface area contributed by atoms with Crippen molar-refractivity contribution in [3.63, 3.8) is 0 Å². The topological polar surface area (TPSA) is 239 Å². The molecule has 3 aliphatic rings. The van der Waals surface area contributed by atoms with E-state index >= 15 is 0 Å². The van der Waals surface area contributed by atoms with E-state index in [2.05, 4.69) is 26.3 Å². The van der Waals surface area contributed by atoms with Crippen LogP contribution in [0.25, 0.3) is 5.57 Å². The second-order valence-corrected chi connectivity index (χ2v) is 15.4. The Kier molecular flexibility index (Phi) is 13.8. The number of halogens is 1. The van der Waals surface area contributed by atoms with Crippen molar-refractivity contribution in [1.82, 2.24) is 25.4 Å². The fraction of sp³-hybridized carbons (Fsp3) is 0.283. The predicted molar refractivity (Wildman–Crippen MR) is 231 cm³/mol. The van der Waals surface area contributed by atoms with Gasteiger partial charge in [-0.1, -0.05) is 42.8 Å². The Morgan fingerprint density at radius 2 is 1.64 bits per heavy atom. The number of unbranched alkanes of at least 4 members (excludes halogenated alkanes) is 2. The monoisotopic (exact) mass is 872 g/mol. The summed E-state index contributed by atoms with van der Waals surface area (Å²) >= 11 is 0. The predicted octanol–water partition coefficient (Wildman–Crippen LogP) is 4.15. The SMILES string of the molecule is Nc1ncc(C2=CCN(C(=O)CCCCCNC(=O)CNc3ccc4c(c3)C(=O)N(C3CCC(=O)NC3=O)C4=O)CC2)cc1C(=O)O[C@@H](C(=O)Nc1ccc(F)cc1)c1ccccc1. The van der Waals surface area contributed by atoms with Crippen LogP contribution in [0.1, 0.15) is 93.3 Å². The van der Waals surface area contributed by atoms with Crippen LogP contribution < -0.4 is 27.0 Å². The lowest BCUT2D eigenvalue weighted by Gasteiger charge is -2.27. The van der Waals surface area contributed by atoms with Gasteiger partial charge in [-0.05, 0) is 85.4 Å². The summed E-state index contributed by atoms with van der Waals surface area (Å²) in [4.78, 5) is 109. The number of imide groups is 2. The molecule has 64 heavy (non-hydrogen) atoms. The number of nitrogens with zero attached hydrogens (tertiary/aromatic N) is 3. The normalized spacial score (nSPS) is 16.3. The first-order chi connectivity index (χ1) is 30.9. The summed E-state index contributed by atoms with van der Waals surface area (Å²) in [5, 5.41) is 10.6. The summed E-state index contributed by atoms with van der Waals surface area (Å²) in [6, 6.07) is 18.6. The Balaban J connectivity index is 0.828. The lowest BCUT2D eigenvalue weighted by Crippen LogP contribution is -2.54. The van der Waals surface area contributed by atoms with Gasteiger partial charge in [0.25, 0.3) is 17.7 Å². The van der Waals surface area contributed by atoms with Crippen molar-refractivity contribution in [3.05, 3.63) is 125 Å². The quantitative estimate of drug-likeness (QED) is 0.0607. The third-order valence-corrected chi connectivity index (χ3v) is 11.0. The first kappa shape index (κ1) is 44.3. The summed E-state index contributed by atoms with van der Waals surface area (Å²) in [5.74, 6) is -4.77. The van der Waals surface area contributed by atoms with Gasteiger partial charge in [0.05, 0.1) is 17.7 Å². The number of aromatic nitrogens is 1. The molecule has 2 atom stereocenters. The molecule has 3 aliphatic heterocycles. The molecule has 0 bridgehead atoms. The van der Waals surface area contributed by atoms with E-state index in [9.17, 15) is 42.7 Å². The van der Waals surface area contributed by atoms with Crippen molar-refractivity contribution in [2.75, 3.05) is 42.5 Å². The van der Waals surface area contributed by atoms with Crippen molar-refractivity contribution >= 4 is 70.1 Å². The highest BCUT2D eigenvalue weighted by Crippen LogP contribution is 2.30. The number of fused-ring (bicyclic) bond motifs is 1. The average Bonchev–Trinajstić information content (AvgIpc) is 3.54. The van der Waals surface area contributed by atoms with Crippen LogP contribution in [0.3, 0.4) is 0 Å². The van der Waals surface area contributed by atoms with Crippen LogP contribution >= 0.6 is 0 Å². The van der Waals surface area contributed by atoms with Crippen LogP contribution in [0.5, 0.6) is 0 Å². The van der Waals surface area contributed by atoms with Gasteiger partial charge in [-0.2, -0.15) is 0 Å². The van der Waals surface area contributed by atoms with Crippen LogP contribution in [0.2, 0.25) is 0 Å². The van der Waals surface area contributed by atoms with Gasteiger partial charge in [0.15, 0.2) is 0 Å². The molecule has 0 aliphatic carbocycles. The number of pyridine rings is 1. The number of nitrogen functional groups attached to an aromatic ring is 1. The minimum atomic E-state index is -1.35. The van der Waals surface area contributed by atoms with Crippen molar-refractivity contribution in [2.24, 2.45) is 0 Å². The fourth-order valence-electron chi connectivity index (χ4n) is 7.57. The molecule has 1 saturated heterocycles. The van der Waals surface area contributed by atoms with Gasteiger partial charge < -0.3 is 31.3 Å². The lowest BCUT2D eigenvalue weighted by molar-refractivity contribution is -0.136. The molecular formula is C46H45FN8O9. The molecule has 0 spiro atoms. The molecule has 18 heteroatoms. The lowest BCUT2D eigenvalue weighted by atomic mass is 9.99. The van der Waals surface area contributed by atoms with Crippen molar-refractivity contribution < 1.29 is 47.5 Å². The molecule has 1 unspecified atom stereocenters. The number of ether oxygens (including phenoxy) is 1. The number of hydrogen-bond donors (Lipinski definition) is 5. The fourth-order valence-corrected chi connectivity index (χ4v) is 7.57. The van der Waals surface area contributed by atoms with Gasteiger partial charge >= 0.3 is 5.97 Å². The van der Waals surface area contributed by atoms with Gasteiger partial charge in [0.1, 0.15) is 23.2 Å². The standard InChI is InChI=1S/C46H45FN8O9/c47-30-10-12-31(13-11-30)52-43(60)40(28-7-3-1-4-8-28)64-46(63)35-23-29(25-51-41(35)48)27-18-21-54(22-19-27)39(58)9-5-2-6-20-49-38(57)26-50-32-14-15-33-34(24-32)45(62)55(44(33)61)36-16-17-37(56)53-42(36)59/h1,3-4,7-8,10-15,18,23-25,36,40,50H,2,5-6,9,16-17,19-22,26H2,(H2,48,51)(H,49,57)(H,52,60)(H,53,56,59)/t36?,40-/m1/s1. The number of anilines is 3. The van der Waals surface area contributed by atoms with Gasteiger partial charge in [0, 0.05) is 55.6 Å². The third kappa shape index (κ3) is 10.5. The number of esters is 1. The van der Waals surface area contributed by atoms with Crippen LogP contribution in [-0.2, 0) is 28.7 Å². The van der Waals surface area contributed by atoms with Gasteiger partial charge in [-0.3, -0.25) is 43.8 Å². The van der Waals surface area contributed by atoms with Crippen LogP contribution in [-0.4, -0.2) is 94.3 Å². The Morgan fingerprint density at radius 3 is 2.38 bits per heavy atom. The number of benzene rings is 3. The number of carbonyl (C=O) groups is 8. The van der Waals surface area contributed by atoms with Crippen molar-refractivity contribution in [3.8, 4) is 0 Å². The smallest absolute Gasteiger partial charge is 0.343 e.